The number of furan rings is 1. The van der Waals surface area contributed by atoms with Gasteiger partial charge in [-0.15, -0.1) is 0 Å². The first kappa shape index (κ1) is 33.2. The first-order valence-electron chi connectivity index (χ1n) is 19.8. The Kier molecular flexibility index (Phi) is 7.55. The fourth-order valence-corrected chi connectivity index (χ4v) is 9.86. The predicted octanol–water partition coefficient (Wildman–Crippen LogP) is 15.0. The Bertz CT molecular complexity index is 3070. The summed E-state index contributed by atoms with van der Waals surface area (Å²) in [6.45, 7) is 4.17. The summed E-state index contributed by atoms with van der Waals surface area (Å²) in [5, 5.41) is 2.34. The second-order valence-corrected chi connectivity index (χ2v) is 15.0. The van der Waals surface area contributed by atoms with Gasteiger partial charge in [-0.25, -0.2) is 0 Å². The van der Waals surface area contributed by atoms with E-state index in [1.807, 2.05) is 0 Å². The Morgan fingerprint density at radius 1 is 0.491 bits per heavy atom. The summed E-state index contributed by atoms with van der Waals surface area (Å²) in [5.41, 5.74) is 19.8. The summed E-state index contributed by atoms with van der Waals surface area (Å²) in [5.74, 6) is 0. The Balaban J connectivity index is 1.18. The molecule has 1 atom stereocenters. The molecule has 1 unspecified atom stereocenters. The van der Waals surface area contributed by atoms with Crippen LogP contribution in [0.2, 0.25) is 0 Å². The molecule has 0 aliphatic heterocycles. The first-order chi connectivity index (χ1) is 28.2. The van der Waals surface area contributed by atoms with Gasteiger partial charge in [0, 0.05) is 27.7 Å². The summed E-state index contributed by atoms with van der Waals surface area (Å²) in [6.07, 6.45) is 6.45. The van der Waals surface area contributed by atoms with Crippen LogP contribution in [-0.2, 0) is 5.41 Å². The molecule has 2 aliphatic rings. The number of anilines is 3. The van der Waals surface area contributed by atoms with E-state index in [2.05, 4.69) is 219 Å². The molecule has 1 heterocycles. The van der Waals surface area contributed by atoms with Crippen LogP contribution in [0, 0.1) is 0 Å². The molecular formula is C55H39NO. The highest BCUT2D eigenvalue weighted by Gasteiger charge is 2.53. The molecule has 57 heavy (non-hydrogen) atoms. The predicted molar refractivity (Wildman–Crippen MR) is 239 cm³/mol. The lowest BCUT2D eigenvalue weighted by Crippen LogP contribution is -2.26. The van der Waals surface area contributed by atoms with Crippen molar-refractivity contribution in [2.75, 3.05) is 4.90 Å². The standard InChI is InChI=1S/C55H39NO/c1-3-15-36(4-2)38-26-30-40(31-27-38)56(41-32-28-39(29-33-41)37-16-6-5-7-17-37)49-24-14-23-47-52(49)42-18-8-11-21-45(42)55(47)46-22-12-9-19-43(46)53-48(55)34-35-51-54(53)44-20-10-13-25-50(44)57-51/h3-35H,1-2H3. The zero-order valence-corrected chi connectivity index (χ0v) is 31.9. The van der Waals surface area contributed by atoms with Crippen molar-refractivity contribution in [3.05, 3.63) is 228 Å². The van der Waals surface area contributed by atoms with Crippen molar-refractivity contribution in [3.8, 4) is 33.4 Å². The van der Waals surface area contributed by atoms with Crippen LogP contribution >= 0.6 is 0 Å². The topological polar surface area (TPSA) is 16.4 Å². The van der Waals surface area contributed by atoms with Crippen LogP contribution in [0.4, 0.5) is 17.1 Å². The fourth-order valence-electron chi connectivity index (χ4n) is 9.86. The molecular weight excluding hydrogens is 691 g/mol. The Labute approximate surface area is 333 Å². The van der Waals surface area contributed by atoms with Crippen LogP contribution in [-0.4, -0.2) is 0 Å². The Hall–Kier alpha value is -7.16. The van der Waals surface area contributed by atoms with Gasteiger partial charge in [0.2, 0.25) is 0 Å². The van der Waals surface area contributed by atoms with Crippen LogP contribution in [0.1, 0.15) is 41.7 Å². The maximum atomic E-state index is 6.50. The maximum Gasteiger partial charge on any atom is 0.136 e. The van der Waals surface area contributed by atoms with Gasteiger partial charge in [0.25, 0.3) is 0 Å². The second kappa shape index (κ2) is 13.0. The van der Waals surface area contributed by atoms with Gasteiger partial charge in [-0.05, 0) is 118 Å². The average molecular weight is 730 g/mol. The van der Waals surface area contributed by atoms with E-state index >= 15 is 0 Å². The van der Waals surface area contributed by atoms with E-state index in [1.165, 1.54) is 72.2 Å². The lowest BCUT2D eigenvalue weighted by molar-refractivity contribution is 0.668. The third kappa shape index (κ3) is 4.77. The molecule has 2 nitrogen and oxygen atoms in total. The molecule has 0 fully saturated rings. The van der Waals surface area contributed by atoms with E-state index < -0.39 is 5.41 Å². The normalized spacial score (nSPS) is 15.3. The number of rotatable bonds is 6. The Morgan fingerprint density at radius 2 is 1.09 bits per heavy atom. The summed E-state index contributed by atoms with van der Waals surface area (Å²) >= 11 is 0. The van der Waals surface area contributed by atoms with Crippen molar-refractivity contribution < 1.29 is 4.42 Å². The summed E-state index contributed by atoms with van der Waals surface area (Å²) in [4.78, 5) is 2.45. The van der Waals surface area contributed by atoms with Gasteiger partial charge in [0.1, 0.15) is 11.2 Å². The molecule has 1 spiro atoms. The smallest absolute Gasteiger partial charge is 0.136 e. The molecule has 1 aromatic heterocycles. The monoisotopic (exact) mass is 729 g/mol. The molecule has 0 bridgehead atoms. The largest absolute Gasteiger partial charge is 0.456 e. The van der Waals surface area contributed by atoms with Crippen molar-refractivity contribution in [1.29, 1.82) is 0 Å². The third-order valence-corrected chi connectivity index (χ3v) is 12.2. The van der Waals surface area contributed by atoms with Gasteiger partial charge < -0.3 is 9.32 Å². The first-order valence-corrected chi connectivity index (χ1v) is 19.8. The summed E-state index contributed by atoms with van der Waals surface area (Å²) in [7, 11) is 0. The minimum absolute atomic E-state index is 0.513. The molecule has 270 valence electrons. The minimum atomic E-state index is -0.513. The Morgan fingerprint density at radius 3 is 1.81 bits per heavy atom. The van der Waals surface area contributed by atoms with Crippen molar-refractivity contribution in [2.24, 2.45) is 0 Å². The van der Waals surface area contributed by atoms with Crippen molar-refractivity contribution in [3.63, 3.8) is 0 Å². The molecule has 11 rings (SSSR count). The molecule has 0 N–H and O–H groups in total. The molecule has 0 saturated heterocycles. The van der Waals surface area contributed by atoms with Crippen LogP contribution < -0.4 is 4.90 Å². The third-order valence-electron chi connectivity index (χ3n) is 12.2. The molecule has 2 aliphatic carbocycles. The van der Waals surface area contributed by atoms with Crippen molar-refractivity contribution in [2.45, 2.75) is 19.3 Å². The number of hydrogen-bond donors (Lipinski definition) is 0. The van der Waals surface area contributed by atoms with Crippen LogP contribution in [0.5, 0.6) is 0 Å². The summed E-state index contributed by atoms with van der Waals surface area (Å²) < 4.78 is 6.50. The number of fused-ring (bicyclic) bond motifs is 14. The van der Waals surface area contributed by atoms with E-state index in [4.69, 9.17) is 4.42 Å². The highest BCUT2D eigenvalue weighted by molar-refractivity contribution is 6.16. The minimum Gasteiger partial charge on any atom is -0.456 e. The van der Waals surface area contributed by atoms with Gasteiger partial charge in [-0.3, -0.25) is 0 Å². The number of allylic oxidation sites excluding steroid dienone is 4. The zero-order valence-electron chi connectivity index (χ0n) is 31.9. The lowest BCUT2D eigenvalue weighted by atomic mass is 9.70. The molecule has 0 saturated carbocycles. The van der Waals surface area contributed by atoms with Crippen molar-refractivity contribution in [1.82, 2.24) is 0 Å². The second-order valence-electron chi connectivity index (χ2n) is 15.0. The summed E-state index contributed by atoms with van der Waals surface area (Å²) in [6, 6.07) is 66.8. The fraction of sp³-hybridized carbons (Fsp3) is 0.0545. The number of para-hydroxylation sites is 1. The van der Waals surface area contributed by atoms with E-state index in [9.17, 15) is 0 Å². The van der Waals surface area contributed by atoms with Gasteiger partial charge in [-0.1, -0.05) is 158 Å². The van der Waals surface area contributed by atoms with Gasteiger partial charge >= 0.3 is 0 Å². The van der Waals surface area contributed by atoms with E-state index in [-0.39, 0.29) is 0 Å². The quantitative estimate of drug-likeness (QED) is 0.158. The number of benzene rings is 8. The van der Waals surface area contributed by atoms with E-state index in [0.29, 0.717) is 0 Å². The van der Waals surface area contributed by atoms with Gasteiger partial charge in [0.15, 0.2) is 0 Å². The average Bonchev–Trinajstić information content (AvgIpc) is 3.91. The molecule has 9 aromatic rings. The molecule has 8 aromatic carbocycles. The highest BCUT2D eigenvalue weighted by atomic mass is 16.3. The molecule has 0 amide bonds. The highest BCUT2D eigenvalue weighted by Crippen LogP contribution is 2.66. The number of hydrogen-bond acceptors (Lipinski definition) is 2. The van der Waals surface area contributed by atoms with E-state index in [0.717, 1.165) is 33.6 Å². The number of nitrogens with zero attached hydrogens (tertiary/aromatic N) is 1. The molecule has 2 heteroatoms. The van der Waals surface area contributed by atoms with Gasteiger partial charge in [0.05, 0.1) is 11.1 Å². The SMILES string of the molecule is CC=CC(=CC)c1ccc(N(c2ccc(-c3ccccc3)cc2)c2cccc3c2-c2ccccc2C32c3ccccc3-c3c2ccc2oc4ccccc4c32)cc1. The van der Waals surface area contributed by atoms with Gasteiger partial charge in [-0.2, -0.15) is 0 Å². The maximum absolute atomic E-state index is 6.50. The van der Waals surface area contributed by atoms with Crippen LogP contribution in [0.15, 0.2) is 205 Å². The van der Waals surface area contributed by atoms with Crippen LogP contribution in [0.25, 0.3) is 60.9 Å². The lowest BCUT2D eigenvalue weighted by Gasteiger charge is -2.32. The molecule has 0 radical (unpaired) electrons. The van der Waals surface area contributed by atoms with Crippen LogP contribution in [0.3, 0.4) is 0 Å². The van der Waals surface area contributed by atoms with E-state index in [1.54, 1.807) is 0 Å². The van der Waals surface area contributed by atoms with Crippen molar-refractivity contribution >= 4 is 44.6 Å². The zero-order chi connectivity index (χ0) is 38.1.